The van der Waals surface area contributed by atoms with Crippen LogP contribution in [0.3, 0.4) is 0 Å². The molecule has 0 heterocycles. The summed E-state index contributed by atoms with van der Waals surface area (Å²) in [7, 11) is 2.67. The highest BCUT2D eigenvalue weighted by molar-refractivity contribution is 5.76. The van der Waals surface area contributed by atoms with Crippen molar-refractivity contribution in [3.63, 3.8) is 0 Å². The van der Waals surface area contributed by atoms with Gasteiger partial charge in [-0.2, -0.15) is 0 Å². The maximum atomic E-state index is 12.6. The summed E-state index contributed by atoms with van der Waals surface area (Å²) in [5.74, 6) is -0.501. The lowest BCUT2D eigenvalue weighted by molar-refractivity contribution is -0.149. The molecule has 2 N–H and O–H groups in total. The fourth-order valence-electron chi connectivity index (χ4n) is 3.65. The molecule has 37 heavy (non-hydrogen) atoms. The minimum Gasteiger partial charge on any atom is -0.469 e. The zero-order chi connectivity index (χ0) is 28.2. The third kappa shape index (κ3) is 18.7. The van der Waals surface area contributed by atoms with Crippen LogP contribution in [-0.4, -0.2) is 76.5 Å². The van der Waals surface area contributed by atoms with Gasteiger partial charge in [-0.15, -0.1) is 0 Å². The van der Waals surface area contributed by atoms with Crippen LogP contribution in [0, 0.1) is 17.8 Å². The first-order valence-corrected chi connectivity index (χ1v) is 13.4. The molecule has 10 nitrogen and oxygen atoms in total. The molecule has 0 aromatic carbocycles. The van der Waals surface area contributed by atoms with Gasteiger partial charge in [-0.25, -0.2) is 0 Å². The Balaban J connectivity index is 4.31. The number of rotatable bonds is 21. The Kier molecular flexibility index (Phi) is 19.6. The summed E-state index contributed by atoms with van der Waals surface area (Å²) in [4.78, 5) is 47.6. The molecule has 0 rings (SSSR count). The predicted octanol–water partition coefficient (Wildman–Crippen LogP) is 3.01. The van der Waals surface area contributed by atoms with Crippen molar-refractivity contribution in [3.05, 3.63) is 0 Å². The van der Waals surface area contributed by atoms with Gasteiger partial charge in [-0.1, -0.05) is 34.6 Å². The Bertz CT molecular complexity index is 669. The Morgan fingerprint density at radius 2 is 1.14 bits per heavy atom. The quantitative estimate of drug-likeness (QED) is 0.130. The second-order valence-electron chi connectivity index (χ2n) is 10.3. The largest absolute Gasteiger partial charge is 0.469 e. The second-order valence-corrected chi connectivity index (χ2v) is 10.3. The van der Waals surface area contributed by atoms with Crippen LogP contribution in [-0.2, 0) is 38.1 Å². The zero-order valence-corrected chi connectivity index (χ0v) is 23.9. The molecule has 3 unspecified atom stereocenters. The first-order chi connectivity index (χ1) is 17.5. The summed E-state index contributed by atoms with van der Waals surface area (Å²) in [6, 6.07) is -0.917. The molecule has 0 aromatic heterocycles. The summed E-state index contributed by atoms with van der Waals surface area (Å²) in [6.45, 7) is 11.5. The molecule has 3 atom stereocenters. The van der Waals surface area contributed by atoms with Gasteiger partial charge in [-0.3, -0.25) is 19.2 Å². The highest BCUT2D eigenvalue weighted by Crippen LogP contribution is 2.12. The van der Waals surface area contributed by atoms with Crippen LogP contribution in [0.5, 0.6) is 0 Å². The van der Waals surface area contributed by atoms with Crippen molar-refractivity contribution in [2.75, 3.05) is 40.5 Å². The minimum absolute atomic E-state index is 0.170. The molecule has 0 radical (unpaired) electrons. The van der Waals surface area contributed by atoms with Gasteiger partial charge in [0.2, 0.25) is 0 Å². The van der Waals surface area contributed by atoms with Gasteiger partial charge in [0.1, 0.15) is 12.1 Å². The van der Waals surface area contributed by atoms with E-state index in [0.29, 0.717) is 57.4 Å². The van der Waals surface area contributed by atoms with Crippen LogP contribution in [0.1, 0.15) is 79.6 Å². The molecular formula is C27H50N2O8. The average Bonchev–Trinajstić information content (AvgIpc) is 2.84. The summed E-state index contributed by atoms with van der Waals surface area (Å²) < 4.78 is 20.2. The van der Waals surface area contributed by atoms with Gasteiger partial charge >= 0.3 is 23.9 Å². The first-order valence-electron chi connectivity index (χ1n) is 13.4. The molecule has 0 fully saturated rings. The number of nitrogens with one attached hydrogen (secondary N) is 2. The number of unbranched alkanes of at least 4 members (excludes halogenated alkanes) is 1. The van der Waals surface area contributed by atoms with Gasteiger partial charge in [0.15, 0.2) is 0 Å². The lowest BCUT2D eigenvalue weighted by atomic mass is 10.0. The predicted molar refractivity (Wildman–Crippen MR) is 141 cm³/mol. The number of methoxy groups -OCH3 is 2. The minimum atomic E-state index is -0.462. The van der Waals surface area contributed by atoms with E-state index in [1.807, 2.05) is 34.6 Å². The summed E-state index contributed by atoms with van der Waals surface area (Å²) in [6.07, 6.45) is 4.02. The van der Waals surface area contributed by atoms with Crippen molar-refractivity contribution in [2.24, 2.45) is 17.8 Å². The lowest BCUT2D eigenvalue weighted by Gasteiger charge is -2.21. The second kappa shape index (κ2) is 20.8. The Labute approximate surface area is 222 Å². The molecule has 0 spiro atoms. The monoisotopic (exact) mass is 530 g/mol. The van der Waals surface area contributed by atoms with Gasteiger partial charge in [0, 0.05) is 13.1 Å². The Morgan fingerprint density at radius 3 is 1.57 bits per heavy atom. The molecule has 216 valence electrons. The summed E-state index contributed by atoms with van der Waals surface area (Å²) >= 11 is 0. The van der Waals surface area contributed by atoms with E-state index in [9.17, 15) is 19.2 Å². The topological polar surface area (TPSA) is 129 Å². The standard InChI is InChI=1S/C27H50N2O8/c1-19(2)16-22(28-13-11-24(30)34-6)26(32)36-15-9-8-10-21(5)18-37-27(33)23(17-20(3)4)29-14-12-25(31)35-7/h19-23,28-29H,8-18H2,1-7H3. The average molecular weight is 531 g/mol. The van der Waals surface area contributed by atoms with E-state index in [-0.39, 0.29) is 42.6 Å². The summed E-state index contributed by atoms with van der Waals surface area (Å²) in [5.41, 5.74) is 0. The molecule has 10 heteroatoms. The van der Waals surface area contributed by atoms with Gasteiger partial charge in [-0.05, 0) is 49.9 Å². The fraction of sp³-hybridized carbons (Fsp3) is 0.852. The van der Waals surface area contributed by atoms with E-state index < -0.39 is 12.1 Å². The number of hydrogen-bond acceptors (Lipinski definition) is 10. The van der Waals surface area contributed by atoms with Crippen LogP contribution in [0.25, 0.3) is 0 Å². The van der Waals surface area contributed by atoms with Crippen LogP contribution < -0.4 is 10.6 Å². The SMILES string of the molecule is COC(=O)CCNC(CC(C)C)C(=O)OCCCCC(C)COC(=O)C(CC(C)C)NCCC(=O)OC. The van der Waals surface area contributed by atoms with Crippen molar-refractivity contribution in [1.82, 2.24) is 10.6 Å². The number of ether oxygens (including phenoxy) is 4. The zero-order valence-electron chi connectivity index (χ0n) is 23.9. The van der Waals surface area contributed by atoms with E-state index >= 15 is 0 Å². The molecule has 0 aliphatic carbocycles. The number of hydrogen-bond donors (Lipinski definition) is 2. The van der Waals surface area contributed by atoms with Crippen LogP contribution in [0.2, 0.25) is 0 Å². The van der Waals surface area contributed by atoms with Gasteiger partial charge in [0.25, 0.3) is 0 Å². The summed E-state index contributed by atoms with van der Waals surface area (Å²) in [5, 5.41) is 6.19. The molecular weight excluding hydrogens is 480 g/mol. The van der Waals surface area contributed by atoms with Crippen molar-refractivity contribution in [2.45, 2.75) is 91.6 Å². The van der Waals surface area contributed by atoms with E-state index in [0.717, 1.165) is 12.8 Å². The van der Waals surface area contributed by atoms with Gasteiger partial charge in [0.05, 0.1) is 40.3 Å². The third-order valence-electron chi connectivity index (χ3n) is 5.72. The third-order valence-corrected chi connectivity index (χ3v) is 5.72. The number of esters is 4. The Morgan fingerprint density at radius 1 is 0.676 bits per heavy atom. The molecule has 0 saturated carbocycles. The Hall–Kier alpha value is -2.20. The maximum absolute atomic E-state index is 12.6. The molecule has 0 aromatic rings. The number of carbonyl (C=O) groups is 4. The molecule has 0 amide bonds. The van der Waals surface area contributed by atoms with E-state index in [4.69, 9.17) is 9.47 Å². The van der Waals surface area contributed by atoms with Crippen LogP contribution >= 0.6 is 0 Å². The smallest absolute Gasteiger partial charge is 0.323 e. The van der Waals surface area contributed by atoms with Crippen LogP contribution in [0.4, 0.5) is 0 Å². The van der Waals surface area contributed by atoms with Crippen LogP contribution in [0.15, 0.2) is 0 Å². The van der Waals surface area contributed by atoms with Gasteiger partial charge < -0.3 is 29.6 Å². The van der Waals surface area contributed by atoms with Crippen molar-refractivity contribution in [3.8, 4) is 0 Å². The highest BCUT2D eigenvalue weighted by atomic mass is 16.5. The first kappa shape index (κ1) is 34.8. The maximum Gasteiger partial charge on any atom is 0.323 e. The molecule has 0 aliphatic heterocycles. The fourth-order valence-corrected chi connectivity index (χ4v) is 3.65. The lowest BCUT2D eigenvalue weighted by Crippen LogP contribution is -2.40. The van der Waals surface area contributed by atoms with Crippen molar-refractivity contribution >= 4 is 23.9 Å². The number of carbonyl (C=O) groups excluding carboxylic acids is 4. The molecule has 0 saturated heterocycles. The van der Waals surface area contributed by atoms with Crippen molar-refractivity contribution in [1.29, 1.82) is 0 Å². The molecule has 0 aliphatic rings. The molecule has 0 bridgehead atoms. The van der Waals surface area contributed by atoms with E-state index in [2.05, 4.69) is 20.1 Å². The normalized spacial score (nSPS) is 13.6. The van der Waals surface area contributed by atoms with E-state index in [1.54, 1.807) is 0 Å². The van der Waals surface area contributed by atoms with Crippen molar-refractivity contribution < 1.29 is 38.1 Å². The highest BCUT2D eigenvalue weighted by Gasteiger charge is 2.23. The van der Waals surface area contributed by atoms with E-state index in [1.165, 1.54) is 14.2 Å².